The molecule has 19 heavy (non-hydrogen) atoms. The fraction of sp³-hybridized carbons (Fsp3) is 0.214. The van der Waals surface area contributed by atoms with E-state index in [2.05, 4.69) is 10.3 Å². The SMILES string of the molecule is CCC(Nc1ccc(O)c(F)c1)c1ccc(F)cn1. The Labute approximate surface area is 109 Å². The molecule has 0 fully saturated rings. The molecule has 0 radical (unpaired) electrons. The minimum atomic E-state index is -0.688. The van der Waals surface area contributed by atoms with Gasteiger partial charge in [-0.15, -0.1) is 0 Å². The van der Waals surface area contributed by atoms with Gasteiger partial charge in [0.25, 0.3) is 0 Å². The lowest BCUT2D eigenvalue weighted by Crippen LogP contribution is -2.11. The highest BCUT2D eigenvalue weighted by atomic mass is 19.1. The van der Waals surface area contributed by atoms with Crippen molar-refractivity contribution in [1.82, 2.24) is 4.98 Å². The van der Waals surface area contributed by atoms with Crippen LogP contribution in [0.25, 0.3) is 0 Å². The van der Waals surface area contributed by atoms with E-state index in [0.29, 0.717) is 17.8 Å². The molecule has 0 spiro atoms. The van der Waals surface area contributed by atoms with Gasteiger partial charge in [-0.1, -0.05) is 6.92 Å². The summed E-state index contributed by atoms with van der Waals surface area (Å²) in [5, 5.41) is 12.2. The molecule has 3 nitrogen and oxygen atoms in total. The zero-order valence-electron chi connectivity index (χ0n) is 10.4. The lowest BCUT2D eigenvalue weighted by molar-refractivity contribution is 0.432. The number of hydrogen-bond acceptors (Lipinski definition) is 3. The van der Waals surface area contributed by atoms with Gasteiger partial charge in [0, 0.05) is 11.8 Å². The van der Waals surface area contributed by atoms with Crippen molar-refractivity contribution in [2.75, 3.05) is 5.32 Å². The molecule has 100 valence electrons. The third-order valence-corrected chi connectivity index (χ3v) is 2.80. The van der Waals surface area contributed by atoms with E-state index in [1.165, 1.54) is 18.2 Å². The van der Waals surface area contributed by atoms with Crippen molar-refractivity contribution < 1.29 is 13.9 Å². The Morgan fingerprint density at radius 3 is 2.63 bits per heavy atom. The van der Waals surface area contributed by atoms with E-state index in [1.54, 1.807) is 12.1 Å². The van der Waals surface area contributed by atoms with E-state index in [1.807, 2.05) is 6.92 Å². The first-order valence-corrected chi connectivity index (χ1v) is 5.96. The summed E-state index contributed by atoms with van der Waals surface area (Å²) in [4.78, 5) is 4.00. The number of hydrogen-bond donors (Lipinski definition) is 2. The number of halogens is 2. The summed E-state index contributed by atoms with van der Waals surface area (Å²) in [5.41, 5.74) is 1.21. The standard InChI is InChI=1S/C14H14F2N2O/c1-2-12(13-5-3-9(15)8-17-13)18-10-4-6-14(19)11(16)7-10/h3-8,12,18-19H,2H2,1H3. The number of phenols is 1. The van der Waals surface area contributed by atoms with Crippen LogP contribution in [0.2, 0.25) is 0 Å². The van der Waals surface area contributed by atoms with Gasteiger partial charge < -0.3 is 10.4 Å². The second kappa shape index (κ2) is 5.65. The number of pyridine rings is 1. The molecule has 0 bridgehead atoms. The first-order valence-electron chi connectivity index (χ1n) is 5.96. The maximum Gasteiger partial charge on any atom is 0.166 e. The first-order chi connectivity index (χ1) is 9.10. The van der Waals surface area contributed by atoms with E-state index in [0.717, 1.165) is 6.20 Å². The van der Waals surface area contributed by atoms with Crippen LogP contribution in [0.5, 0.6) is 5.75 Å². The number of nitrogens with zero attached hydrogens (tertiary/aromatic N) is 1. The van der Waals surface area contributed by atoms with E-state index < -0.39 is 17.4 Å². The largest absolute Gasteiger partial charge is 0.505 e. The number of aromatic hydroxyl groups is 1. The fourth-order valence-corrected chi connectivity index (χ4v) is 1.78. The molecular formula is C14H14F2N2O. The number of anilines is 1. The molecule has 1 heterocycles. The van der Waals surface area contributed by atoms with Crippen LogP contribution in [0.3, 0.4) is 0 Å². The molecule has 1 aromatic heterocycles. The Morgan fingerprint density at radius 2 is 2.05 bits per heavy atom. The average molecular weight is 264 g/mol. The van der Waals surface area contributed by atoms with Crippen molar-refractivity contribution in [3.8, 4) is 5.75 Å². The Bertz CT molecular complexity index is 558. The fourth-order valence-electron chi connectivity index (χ4n) is 1.78. The van der Waals surface area contributed by atoms with Gasteiger partial charge in [-0.2, -0.15) is 0 Å². The second-order valence-electron chi connectivity index (χ2n) is 4.17. The molecule has 0 saturated carbocycles. The highest BCUT2D eigenvalue weighted by Crippen LogP contribution is 2.24. The number of aromatic nitrogens is 1. The number of nitrogens with one attached hydrogen (secondary N) is 1. The van der Waals surface area contributed by atoms with Crippen LogP contribution in [0.15, 0.2) is 36.5 Å². The molecule has 0 aliphatic heterocycles. The quantitative estimate of drug-likeness (QED) is 0.829. The molecule has 0 saturated heterocycles. The van der Waals surface area contributed by atoms with Crippen molar-refractivity contribution >= 4 is 5.69 Å². The molecule has 1 aromatic carbocycles. The summed E-state index contributed by atoms with van der Waals surface area (Å²) in [7, 11) is 0. The van der Waals surface area contributed by atoms with Gasteiger partial charge in [0.15, 0.2) is 11.6 Å². The van der Waals surface area contributed by atoms with Crippen LogP contribution in [0, 0.1) is 11.6 Å². The van der Waals surface area contributed by atoms with Crippen LogP contribution in [0.1, 0.15) is 25.1 Å². The smallest absolute Gasteiger partial charge is 0.166 e. The number of benzene rings is 1. The molecular weight excluding hydrogens is 250 g/mol. The Morgan fingerprint density at radius 1 is 1.26 bits per heavy atom. The topological polar surface area (TPSA) is 45.1 Å². The highest BCUT2D eigenvalue weighted by Gasteiger charge is 2.11. The van der Waals surface area contributed by atoms with Gasteiger partial charge in [0.05, 0.1) is 17.9 Å². The minimum absolute atomic E-state index is 0.149. The average Bonchev–Trinajstić information content (AvgIpc) is 2.41. The van der Waals surface area contributed by atoms with Crippen LogP contribution in [-0.2, 0) is 0 Å². The third-order valence-electron chi connectivity index (χ3n) is 2.80. The molecule has 5 heteroatoms. The minimum Gasteiger partial charge on any atom is -0.505 e. The summed E-state index contributed by atoms with van der Waals surface area (Å²) in [6.45, 7) is 1.94. The van der Waals surface area contributed by atoms with E-state index >= 15 is 0 Å². The van der Waals surface area contributed by atoms with Gasteiger partial charge in [0.1, 0.15) is 5.82 Å². The first kappa shape index (κ1) is 13.3. The van der Waals surface area contributed by atoms with Crippen molar-refractivity contribution in [2.24, 2.45) is 0 Å². The summed E-state index contributed by atoms with van der Waals surface area (Å²) in [6.07, 6.45) is 1.86. The van der Waals surface area contributed by atoms with E-state index in [-0.39, 0.29) is 6.04 Å². The Balaban J connectivity index is 2.18. The van der Waals surface area contributed by atoms with Crippen LogP contribution < -0.4 is 5.32 Å². The summed E-state index contributed by atoms with van der Waals surface area (Å²) in [5.74, 6) is -1.47. The lowest BCUT2D eigenvalue weighted by Gasteiger charge is -2.18. The third kappa shape index (κ3) is 3.19. The van der Waals surface area contributed by atoms with Gasteiger partial charge in [-0.05, 0) is 30.7 Å². The maximum atomic E-state index is 13.2. The normalized spacial score (nSPS) is 12.2. The molecule has 0 aliphatic rings. The van der Waals surface area contributed by atoms with Crippen LogP contribution >= 0.6 is 0 Å². The van der Waals surface area contributed by atoms with Crippen molar-refractivity contribution in [1.29, 1.82) is 0 Å². The van der Waals surface area contributed by atoms with E-state index in [9.17, 15) is 8.78 Å². The maximum absolute atomic E-state index is 13.2. The molecule has 0 amide bonds. The van der Waals surface area contributed by atoms with E-state index in [4.69, 9.17) is 5.11 Å². The molecule has 0 aliphatic carbocycles. The van der Waals surface area contributed by atoms with Gasteiger partial charge in [0.2, 0.25) is 0 Å². The predicted octanol–water partition coefficient (Wildman–Crippen LogP) is 3.63. The van der Waals surface area contributed by atoms with Gasteiger partial charge in [-0.3, -0.25) is 4.98 Å². The summed E-state index contributed by atoms with van der Waals surface area (Å²) in [6, 6.07) is 6.84. The monoisotopic (exact) mass is 264 g/mol. The zero-order chi connectivity index (χ0) is 13.8. The Hall–Kier alpha value is -2.17. The van der Waals surface area contributed by atoms with Crippen molar-refractivity contribution in [2.45, 2.75) is 19.4 Å². The lowest BCUT2D eigenvalue weighted by atomic mass is 10.1. The molecule has 2 N–H and O–H groups in total. The van der Waals surface area contributed by atoms with Crippen molar-refractivity contribution in [3.05, 3.63) is 53.9 Å². The number of phenolic OH excluding ortho intramolecular Hbond substituents is 1. The Kier molecular flexibility index (Phi) is 3.94. The number of rotatable bonds is 4. The second-order valence-corrected chi connectivity index (χ2v) is 4.17. The summed E-state index contributed by atoms with van der Waals surface area (Å²) >= 11 is 0. The van der Waals surface area contributed by atoms with Crippen LogP contribution in [0.4, 0.5) is 14.5 Å². The molecule has 1 unspecified atom stereocenters. The van der Waals surface area contributed by atoms with Gasteiger partial charge >= 0.3 is 0 Å². The predicted molar refractivity (Wildman–Crippen MR) is 68.9 cm³/mol. The summed E-state index contributed by atoms with van der Waals surface area (Å²) < 4.78 is 26.1. The molecule has 2 rings (SSSR count). The van der Waals surface area contributed by atoms with Crippen LogP contribution in [-0.4, -0.2) is 10.1 Å². The molecule has 1 atom stereocenters. The highest BCUT2D eigenvalue weighted by molar-refractivity contribution is 5.48. The van der Waals surface area contributed by atoms with Crippen molar-refractivity contribution in [3.63, 3.8) is 0 Å². The van der Waals surface area contributed by atoms with Gasteiger partial charge in [-0.25, -0.2) is 8.78 Å². The molecule has 2 aromatic rings. The zero-order valence-corrected chi connectivity index (χ0v) is 10.4.